The number of hydrogen-bond acceptors (Lipinski definition) is 4. The van der Waals surface area contributed by atoms with Crippen LogP contribution >= 0.6 is 0 Å². The molecule has 3 rings (SSSR count). The second kappa shape index (κ2) is 7.12. The Morgan fingerprint density at radius 1 is 1.29 bits per heavy atom. The lowest BCUT2D eigenvalue weighted by Gasteiger charge is -2.25. The van der Waals surface area contributed by atoms with Gasteiger partial charge in [0.05, 0.1) is 11.3 Å². The van der Waals surface area contributed by atoms with Crippen LogP contribution in [0.4, 0.5) is 5.69 Å². The number of pyridine rings is 1. The third kappa shape index (κ3) is 3.37. The average Bonchev–Trinajstić information content (AvgIpc) is 2.62. The van der Waals surface area contributed by atoms with Gasteiger partial charge in [0.15, 0.2) is 6.61 Å². The SMILES string of the molecule is CCN(CCc1ccncc1)C(=O)c1cccc2c1NC(=O)CO2. The lowest BCUT2D eigenvalue weighted by molar-refractivity contribution is -0.118. The summed E-state index contributed by atoms with van der Waals surface area (Å²) >= 11 is 0. The summed E-state index contributed by atoms with van der Waals surface area (Å²) in [5.41, 5.74) is 2.04. The first-order valence-corrected chi connectivity index (χ1v) is 7.93. The number of ether oxygens (including phenoxy) is 1. The van der Waals surface area contributed by atoms with Crippen LogP contribution < -0.4 is 10.1 Å². The van der Waals surface area contributed by atoms with Gasteiger partial charge in [-0.15, -0.1) is 0 Å². The molecule has 1 aromatic heterocycles. The van der Waals surface area contributed by atoms with E-state index in [1.807, 2.05) is 19.1 Å². The van der Waals surface area contributed by atoms with Crippen molar-refractivity contribution in [2.45, 2.75) is 13.3 Å². The number of para-hydroxylation sites is 1. The maximum absolute atomic E-state index is 12.9. The highest BCUT2D eigenvalue weighted by molar-refractivity contribution is 6.06. The monoisotopic (exact) mass is 325 g/mol. The fourth-order valence-electron chi connectivity index (χ4n) is 2.66. The molecule has 2 heterocycles. The molecule has 0 atom stereocenters. The first kappa shape index (κ1) is 16.0. The van der Waals surface area contributed by atoms with Crippen molar-refractivity contribution in [1.82, 2.24) is 9.88 Å². The van der Waals surface area contributed by atoms with Gasteiger partial charge in [-0.25, -0.2) is 0 Å². The third-order valence-corrected chi connectivity index (χ3v) is 3.97. The number of amides is 2. The van der Waals surface area contributed by atoms with E-state index in [2.05, 4.69) is 10.3 Å². The van der Waals surface area contributed by atoms with E-state index in [9.17, 15) is 9.59 Å². The summed E-state index contributed by atoms with van der Waals surface area (Å²) in [7, 11) is 0. The number of aromatic nitrogens is 1. The van der Waals surface area contributed by atoms with Crippen molar-refractivity contribution >= 4 is 17.5 Å². The van der Waals surface area contributed by atoms with Crippen molar-refractivity contribution in [2.24, 2.45) is 0 Å². The van der Waals surface area contributed by atoms with Gasteiger partial charge in [0.1, 0.15) is 5.75 Å². The molecular weight excluding hydrogens is 306 g/mol. The summed E-state index contributed by atoms with van der Waals surface area (Å²) in [6.45, 7) is 3.10. The highest BCUT2D eigenvalue weighted by Crippen LogP contribution is 2.31. The van der Waals surface area contributed by atoms with E-state index in [1.165, 1.54) is 0 Å². The number of benzene rings is 1. The quantitative estimate of drug-likeness (QED) is 0.914. The maximum Gasteiger partial charge on any atom is 0.262 e. The molecule has 0 unspecified atom stereocenters. The van der Waals surface area contributed by atoms with Gasteiger partial charge in [0.2, 0.25) is 0 Å². The molecule has 0 radical (unpaired) electrons. The number of fused-ring (bicyclic) bond motifs is 1. The Labute approximate surface area is 140 Å². The first-order chi connectivity index (χ1) is 11.7. The van der Waals surface area contributed by atoms with E-state index in [4.69, 9.17) is 4.74 Å². The molecule has 24 heavy (non-hydrogen) atoms. The molecule has 1 aromatic carbocycles. The van der Waals surface area contributed by atoms with Crippen LogP contribution in [0.5, 0.6) is 5.75 Å². The van der Waals surface area contributed by atoms with E-state index in [1.54, 1.807) is 35.5 Å². The second-order valence-corrected chi connectivity index (χ2v) is 5.51. The maximum atomic E-state index is 12.9. The van der Waals surface area contributed by atoms with Crippen molar-refractivity contribution < 1.29 is 14.3 Å². The molecule has 124 valence electrons. The summed E-state index contributed by atoms with van der Waals surface area (Å²) in [5, 5.41) is 2.74. The van der Waals surface area contributed by atoms with Crippen molar-refractivity contribution in [3.63, 3.8) is 0 Å². The normalized spacial score (nSPS) is 12.8. The number of carbonyl (C=O) groups is 2. The fraction of sp³-hybridized carbons (Fsp3) is 0.278. The van der Waals surface area contributed by atoms with E-state index < -0.39 is 0 Å². The number of nitrogens with one attached hydrogen (secondary N) is 1. The van der Waals surface area contributed by atoms with Gasteiger partial charge in [0, 0.05) is 25.5 Å². The Hall–Kier alpha value is -2.89. The molecular formula is C18H19N3O3. The molecule has 2 aromatic rings. The number of hydrogen-bond donors (Lipinski definition) is 1. The van der Waals surface area contributed by atoms with Gasteiger partial charge >= 0.3 is 0 Å². The molecule has 0 saturated carbocycles. The smallest absolute Gasteiger partial charge is 0.262 e. The minimum absolute atomic E-state index is 0.0236. The number of nitrogens with zero attached hydrogens (tertiary/aromatic N) is 2. The molecule has 6 heteroatoms. The molecule has 1 N–H and O–H groups in total. The van der Waals surface area contributed by atoms with Gasteiger partial charge < -0.3 is 15.0 Å². The van der Waals surface area contributed by atoms with Gasteiger partial charge in [-0.05, 0) is 43.2 Å². The van der Waals surface area contributed by atoms with Gasteiger partial charge in [-0.2, -0.15) is 0 Å². The van der Waals surface area contributed by atoms with Crippen LogP contribution in [-0.2, 0) is 11.2 Å². The lowest BCUT2D eigenvalue weighted by Crippen LogP contribution is -2.34. The predicted molar refractivity (Wildman–Crippen MR) is 90.1 cm³/mol. The molecule has 0 aliphatic carbocycles. The topological polar surface area (TPSA) is 71.5 Å². The van der Waals surface area contributed by atoms with E-state index in [0.717, 1.165) is 12.0 Å². The molecule has 1 aliphatic heterocycles. The zero-order valence-corrected chi connectivity index (χ0v) is 13.5. The Balaban J connectivity index is 1.78. The van der Waals surface area contributed by atoms with Crippen molar-refractivity contribution in [2.75, 3.05) is 25.0 Å². The summed E-state index contributed by atoms with van der Waals surface area (Å²) < 4.78 is 5.38. The fourth-order valence-corrected chi connectivity index (χ4v) is 2.66. The number of rotatable bonds is 5. The number of anilines is 1. The van der Waals surface area contributed by atoms with Crippen molar-refractivity contribution in [1.29, 1.82) is 0 Å². The molecule has 0 fully saturated rings. The average molecular weight is 325 g/mol. The summed E-state index contributed by atoms with van der Waals surface area (Å²) in [6, 6.07) is 9.11. The molecule has 2 amide bonds. The van der Waals surface area contributed by atoms with E-state index in [0.29, 0.717) is 30.1 Å². The second-order valence-electron chi connectivity index (χ2n) is 5.51. The standard InChI is InChI=1S/C18H19N3O3/c1-2-21(11-8-13-6-9-19-10-7-13)18(23)14-4-3-5-15-17(14)20-16(22)12-24-15/h3-7,9-10H,2,8,11-12H2,1H3,(H,20,22). The number of likely N-dealkylation sites (N-methyl/N-ethyl adjacent to an activating group) is 1. The Morgan fingerprint density at radius 2 is 2.08 bits per heavy atom. The summed E-state index contributed by atoms with van der Waals surface area (Å²) in [4.78, 5) is 30.2. The van der Waals surface area contributed by atoms with Crippen LogP contribution in [0.1, 0.15) is 22.8 Å². The van der Waals surface area contributed by atoms with Crippen molar-refractivity contribution in [3.8, 4) is 5.75 Å². The molecule has 1 aliphatic rings. The number of carbonyl (C=O) groups excluding carboxylic acids is 2. The largest absolute Gasteiger partial charge is 0.482 e. The van der Waals surface area contributed by atoms with Gasteiger partial charge in [-0.3, -0.25) is 14.6 Å². The summed E-state index contributed by atoms with van der Waals surface area (Å²) in [5.74, 6) is 0.169. The van der Waals surface area contributed by atoms with Crippen LogP contribution in [0.25, 0.3) is 0 Å². The Kier molecular flexibility index (Phi) is 4.74. The zero-order chi connectivity index (χ0) is 16.9. The molecule has 0 saturated heterocycles. The van der Waals surface area contributed by atoms with Crippen molar-refractivity contribution in [3.05, 3.63) is 53.9 Å². The Bertz CT molecular complexity index is 746. The first-order valence-electron chi connectivity index (χ1n) is 7.93. The molecule has 0 bridgehead atoms. The van der Waals surface area contributed by atoms with Crippen LogP contribution in [0, 0.1) is 0 Å². The lowest BCUT2D eigenvalue weighted by atomic mass is 10.1. The predicted octanol–water partition coefficient (Wildman–Crippen LogP) is 2.12. The van der Waals surface area contributed by atoms with Gasteiger partial charge in [0.25, 0.3) is 11.8 Å². The van der Waals surface area contributed by atoms with Crippen LogP contribution in [0.15, 0.2) is 42.7 Å². The minimum Gasteiger partial charge on any atom is -0.482 e. The van der Waals surface area contributed by atoms with Crippen LogP contribution in [0.3, 0.4) is 0 Å². The highest BCUT2D eigenvalue weighted by atomic mass is 16.5. The molecule has 6 nitrogen and oxygen atoms in total. The van der Waals surface area contributed by atoms with Crippen LogP contribution in [0.2, 0.25) is 0 Å². The third-order valence-electron chi connectivity index (χ3n) is 3.97. The highest BCUT2D eigenvalue weighted by Gasteiger charge is 2.24. The van der Waals surface area contributed by atoms with E-state index in [-0.39, 0.29) is 18.4 Å². The zero-order valence-electron chi connectivity index (χ0n) is 13.5. The van der Waals surface area contributed by atoms with Crippen LogP contribution in [-0.4, -0.2) is 41.4 Å². The minimum atomic E-state index is -0.248. The summed E-state index contributed by atoms with van der Waals surface area (Å²) in [6.07, 6.45) is 4.24. The van der Waals surface area contributed by atoms with E-state index >= 15 is 0 Å². The van der Waals surface area contributed by atoms with Gasteiger partial charge in [-0.1, -0.05) is 6.07 Å². The molecule has 0 spiro atoms. The Morgan fingerprint density at radius 3 is 2.83 bits per heavy atom.